The number of hydrogen-bond acceptors (Lipinski definition) is 10. The van der Waals surface area contributed by atoms with Crippen molar-refractivity contribution < 1.29 is 56.4 Å². The molecule has 0 aromatic heterocycles. The first-order valence-corrected chi connectivity index (χ1v) is 29.6. The highest BCUT2D eigenvalue weighted by Gasteiger charge is 2.19. The van der Waals surface area contributed by atoms with E-state index in [-0.39, 0.29) is 56.8 Å². The van der Waals surface area contributed by atoms with E-state index in [0.29, 0.717) is 18.8 Å². The molecule has 0 spiro atoms. The van der Waals surface area contributed by atoms with Crippen LogP contribution in [-0.2, 0) is 0 Å². The van der Waals surface area contributed by atoms with Gasteiger partial charge in [0.05, 0.1) is 35.5 Å². The second-order valence-corrected chi connectivity index (χ2v) is 20.7. The molecular formula is C67H86F2O10. The molecule has 0 N–H and O–H groups in total. The zero-order valence-corrected chi connectivity index (χ0v) is 47.4. The molecule has 5 rings (SSSR count). The number of carbonyl (C=O) groups excluding carboxylic acids is 4. The summed E-state index contributed by atoms with van der Waals surface area (Å²) in [5, 5.41) is 0. The number of rotatable bonds is 40. The number of esters is 4. The predicted molar refractivity (Wildman–Crippen MR) is 308 cm³/mol. The maximum Gasteiger partial charge on any atom is 0.343 e. The zero-order chi connectivity index (χ0) is 56.3. The first-order chi connectivity index (χ1) is 38.6. The minimum Gasteiger partial charge on any atom is -0.491 e. The molecule has 5 aromatic rings. The van der Waals surface area contributed by atoms with E-state index in [2.05, 4.69) is 13.8 Å². The molecule has 0 aliphatic carbocycles. The van der Waals surface area contributed by atoms with Gasteiger partial charge in [-0.3, -0.25) is 0 Å². The quantitative estimate of drug-likeness (QED) is 0.0213. The molecule has 0 heterocycles. The lowest BCUT2D eigenvalue weighted by Gasteiger charge is -2.12. The van der Waals surface area contributed by atoms with E-state index >= 15 is 0 Å². The van der Waals surface area contributed by atoms with Crippen LogP contribution in [0.5, 0.6) is 34.5 Å². The highest BCUT2D eigenvalue weighted by Crippen LogP contribution is 2.30. The molecule has 0 fully saturated rings. The molecular weight excluding hydrogens is 1000 g/mol. The van der Waals surface area contributed by atoms with E-state index in [4.69, 9.17) is 28.4 Å². The maximum absolute atomic E-state index is 14.9. The van der Waals surface area contributed by atoms with Gasteiger partial charge in [0, 0.05) is 5.56 Å². The zero-order valence-electron chi connectivity index (χ0n) is 47.4. The van der Waals surface area contributed by atoms with Crippen LogP contribution >= 0.6 is 0 Å². The Morgan fingerprint density at radius 3 is 0.911 bits per heavy atom. The smallest absolute Gasteiger partial charge is 0.343 e. The van der Waals surface area contributed by atoms with E-state index in [0.717, 1.165) is 50.7 Å². The van der Waals surface area contributed by atoms with Crippen LogP contribution in [-0.4, -0.2) is 37.1 Å². The van der Waals surface area contributed by atoms with Crippen LogP contribution in [0.4, 0.5) is 8.78 Å². The van der Waals surface area contributed by atoms with Gasteiger partial charge in [0.2, 0.25) is 0 Å². The van der Waals surface area contributed by atoms with E-state index in [1.54, 1.807) is 25.1 Å². The van der Waals surface area contributed by atoms with Gasteiger partial charge in [-0.2, -0.15) is 0 Å². The summed E-state index contributed by atoms with van der Waals surface area (Å²) in [7, 11) is 0. The number of carbonyl (C=O) groups is 4. The normalized spacial score (nSPS) is 11.1. The summed E-state index contributed by atoms with van der Waals surface area (Å²) in [4.78, 5) is 52.1. The Balaban J connectivity index is 0.965. The largest absolute Gasteiger partial charge is 0.491 e. The number of ether oxygens (including phenoxy) is 6. The minimum atomic E-state index is -0.778. The summed E-state index contributed by atoms with van der Waals surface area (Å²) < 4.78 is 63.3. The van der Waals surface area contributed by atoms with E-state index in [9.17, 15) is 28.0 Å². The summed E-state index contributed by atoms with van der Waals surface area (Å²) in [6.45, 7) is 6.91. The van der Waals surface area contributed by atoms with Gasteiger partial charge in [-0.25, -0.2) is 28.0 Å². The molecule has 79 heavy (non-hydrogen) atoms. The molecule has 0 saturated heterocycles. The van der Waals surface area contributed by atoms with Gasteiger partial charge in [-0.05, 0) is 117 Å². The Bertz CT molecular complexity index is 2400. The fourth-order valence-corrected chi connectivity index (χ4v) is 9.23. The fraction of sp³-hybridized carbons (Fsp3) is 0.493. The van der Waals surface area contributed by atoms with Crippen molar-refractivity contribution >= 4 is 23.9 Å². The molecule has 10 nitrogen and oxygen atoms in total. The second kappa shape index (κ2) is 37.3. The van der Waals surface area contributed by atoms with Crippen molar-refractivity contribution in [1.82, 2.24) is 0 Å². The van der Waals surface area contributed by atoms with Crippen molar-refractivity contribution in [3.63, 3.8) is 0 Å². The standard InChI is InChI=1S/C67H86F2O10/c1-4-6-8-10-12-14-16-18-20-22-24-26-28-30-47-74-62-45-39-54(49-58(62)68)66(72)76-56-41-35-52(36-42-56)64(70)78-60-33-32-34-61(51(60)3)79-65(71)53-37-43-57(44-38-53)77-67(73)55-40-46-63(59(69)50-55)75-48-31-29-27-25-23-21-19-17-15-13-11-9-7-5-2/h32-46,49-50H,4-31,47-48H2,1-3H3. The summed E-state index contributed by atoms with van der Waals surface area (Å²) in [6, 6.07) is 23.9. The van der Waals surface area contributed by atoms with Crippen LogP contribution in [0.1, 0.15) is 241 Å². The number of halogens is 2. The maximum atomic E-state index is 14.9. The van der Waals surface area contributed by atoms with Crippen LogP contribution < -0.4 is 28.4 Å². The lowest BCUT2D eigenvalue weighted by molar-refractivity contribution is 0.0721. The van der Waals surface area contributed by atoms with E-state index in [1.165, 1.54) is 214 Å². The summed E-state index contributed by atoms with van der Waals surface area (Å²) in [6.07, 6.45) is 34.9. The third kappa shape index (κ3) is 24.1. The Labute approximate surface area is 469 Å². The van der Waals surface area contributed by atoms with Crippen LogP contribution in [0.15, 0.2) is 103 Å². The SMILES string of the molecule is CCCCCCCCCCCCCCCCOc1ccc(C(=O)Oc2ccc(C(=O)Oc3cccc(OC(=O)c4ccc(OC(=O)c5ccc(OCCCCCCCCCCCCCCCC)c(F)c5)cc4)c3C)cc2)cc1F. The topological polar surface area (TPSA) is 124 Å². The van der Waals surface area contributed by atoms with Crippen LogP contribution in [0.25, 0.3) is 0 Å². The van der Waals surface area contributed by atoms with Crippen molar-refractivity contribution in [2.45, 2.75) is 201 Å². The van der Waals surface area contributed by atoms with Crippen molar-refractivity contribution in [1.29, 1.82) is 0 Å². The van der Waals surface area contributed by atoms with Crippen LogP contribution in [0.3, 0.4) is 0 Å². The summed E-state index contributed by atoms with van der Waals surface area (Å²) in [5.41, 5.74) is 0.681. The summed E-state index contributed by atoms with van der Waals surface area (Å²) >= 11 is 0. The molecule has 0 bridgehead atoms. The lowest BCUT2D eigenvalue weighted by Crippen LogP contribution is -2.13. The van der Waals surface area contributed by atoms with Gasteiger partial charge in [0.1, 0.15) is 23.0 Å². The van der Waals surface area contributed by atoms with E-state index in [1.807, 2.05) is 0 Å². The van der Waals surface area contributed by atoms with Crippen molar-refractivity contribution in [3.8, 4) is 34.5 Å². The molecule has 0 amide bonds. The average Bonchev–Trinajstić information content (AvgIpc) is 3.47. The van der Waals surface area contributed by atoms with Crippen molar-refractivity contribution in [3.05, 3.63) is 143 Å². The third-order valence-corrected chi connectivity index (χ3v) is 14.1. The van der Waals surface area contributed by atoms with Gasteiger partial charge in [0.25, 0.3) is 0 Å². The average molecular weight is 1090 g/mol. The predicted octanol–water partition coefficient (Wildman–Crippen LogP) is 18.9. The summed E-state index contributed by atoms with van der Waals surface area (Å²) in [5.74, 6) is -3.60. The van der Waals surface area contributed by atoms with Gasteiger partial charge < -0.3 is 28.4 Å². The molecule has 0 aliphatic heterocycles. The van der Waals surface area contributed by atoms with Crippen molar-refractivity contribution in [2.75, 3.05) is 13.2 Å². The molecule has 0 atom stereocenters. The van der Waals surface area contributed by atoms with E-state index < -0.39 is 35.5 Å². The molecule has 0 radical (unpaired) electrons. The number of hydrogen-bond donors (Lipinski definition) is 0. The fourth-order valence-electron chi connectivity index (χ4n) is 9.23. The molecule has 0 aliphatic rings. The molecule has 0 unspecified atom stereocenters. The molecule has 5 aromatic carbocycles. The molecule has 12 heteroatoms. The monoisotopic (exact) mass is 1090 g/mol. The third-order valence-electron chi connectivity index (χ3n) is 14.1. The molecule has 428 valence electrons. The van der Waals surface area contributed by atoms with Gasteiger partial charge >= 0.3 is 23.9 Å². The first-order valence-electron chi connectivity index (χ1n) is 29.6. The number of benzene rings is 5. The lowest BCUT2D eigenvalue weighted by atomic mass is 10.0. The first kappa shape index (κ1) is 63.3. The number of unbranched alkanes of at least 4 members (excludes halogenated alkanes) is 26. The van der Waals surface area contributed by atoms with Crippen LogP contribution in [0.2, 0.25) is 0 Å². The Kier molecular flexibility index (Phi) is 29.9. The molecule has 0 saturated carbocycles. The van der Waals surface area contributed by atoms with Gasteiger partial charge in [0.15, 0.2) is 23.1 Å². The highest BCUT2D eigenvalue weighted by atomic mass is 19.1. The Hall–Kier alpha value is -6.56. The van der Waals surface area contributed by atoms with Gasteiger partial charge in [-0.15, -0.1) is 0 Å². The van der Waals surface area contributed by atoms with Crippen LogP contribution in [0, 0.1) is 18.6 Å². The Morgan fingerprint density at radius 2 is 0.608 bits per heavy atom. The highest BCUT2D eigenvalue weighted by molar-refractivity contribution is 5.94. The van der Waals surface area contributed by atoms with Gasteiger partial charge in [-0.1, -0.05) is 187 Å². The second-order valence-electron chi connectivity index (χ2n) is 20.7. The van der Waals surface area contributed by atoms with Crippen molar-refractivity contribution in [2.24, 2.45) is 0 Å². The minimum absolute atomic E-state index is 0.00547. The Morgan fingerprint density at radius 1 is 0.329 bits per heavy atom.